The summed E-state index contributed by atoms with van der Waals surface area (Å²) >= 11 is 0. The number of rotatable bonds is 7. The van der Waals surface area contributed by atoms with Crippen molar-refractivity contribution in [2.45, 2.75) is 25.8 Å². The summed E-state index contributed by atoms with van der Waals surface area (Å²) in [5.41, 5.74) is 1.000. The lowest BCUT2D eigenvalue weighted by molar-refractivity contribution is -0.384. The number of amides is 2. The minimum absolute atomic E-state index is 0.0346. The highest BCUT2D eigenvalue weighted by atomic mass is 16.6. The van der Waals surface area contributed by atoms with Crippen LogP contribution >= 0.6 is 0 Å². The summed E-state index contributed by atoms with van der Waals surface area (Å²) in [7, 11) is 4.71. The van der Waals surface area contributed by atoms with Gasteiger partial charge in [0.25, 0.3) is 5.69 Å². The van der Waals surface area contributed by atoms with Gasteiger partial charge >= 0.3 is 5.97 Å². The molecule has 1 atom stereocenters. The first-order valence-electron chi connectivity index (χ1n) is 9.95. The van der Waals surface area contributed by atoms with Gasteiger partial charge in [0.1, 0.15) is 11.7 Å². The van der Waals surface area contributed by atoms with Crippen molar-refractivity contribution in [3.8, 4) is 0 Å². The summed E-state index contributed by atoms with van der Waals surface area (Å²) in [6.45, 7) is 2.38. The van der Waals surface area contributed by atoms with Crippen molar-refractivity contribution in [3.05, 3.63) is 40.0 Å². The number of carbonyl (C=O) groups is 3. The number of esters is 1. The number of likely N-dealkylation sites (tertiary alicyclic amines) is 1. The molecule has 1 aromatic carbocycles. The highest BCUT2D eigenvalue weighted by Gasteiger charge is 2.28. The van der Waals surface area contributed by atoms with E-state index in [0.717, 1.165) is 0 Å². The van der Waals surface area contributed by atoms with Crippen LogP contribution in [0.3, 0.4) is 0 Å². The van der Waals surface area contributed by atoms with Crippen LogP contribution in [0.15, 0.2) is 24.3 Å². The number of benzene rings is 1. The van der Waals surface area contributed by atoms with Gasteiger partial charge in [-0.25, -0.2) is 4.79 Å². The molecule has 1 aliphatic rings. The number of nitro groups is 1. The summed E-state index contributed by atoms with van der Waals surface area (Å²) in [6, 6.07) is 4.06. The van der Waals surface area contributed by atoms with E-state index in [1.807, 2.05) is 0 Å². The van der Waals surface area contributed by atoms with Crippen molar-refractivity contribution in [1.29, 1.82) is 0 Å². The van der Waals surface area contributed by atoms with E-state index < -0.39 is 16.9 Å². The molecule has 1 N–H and O–H groups in total. The number of nitrogens with one attached hydrogen (secondary N) is 1. The molecular formula is C21H28N4O6. The van der Waals surface area contributed by atoms with E-state index in [1.165, 1.54) is 19.3 Å². The third kappa shape index (κ3) is 6.27. The lowest BCUT2D eigenvalue weighted by Crippen LogP contribution is -2.46. The van der Waals surface area contributed by atoms with E-state index in [9.17, 15) is 24.5 Å². The van der Waals surface area contributed by atoms with Crippen LogP contribution in [0.4, 0.5) is 11.4 Å². The van der Waals surface area contributed by atoms with E-state index in [4.69, 9.17) is 0 Å². The molecule has 1 fully saturated rings. The lowest BCUT2D eigenvalue weighted by Gasteiger charge is -2.31. The van der Waals surface area contributed by atoms with Crippen molar-refractivity contribution >= 4 is 35.2 Å². The normalized spacial score (nSPS) is 15.4. The summed E-state index contributed by atoms with van der Waals surface area (Å²) in [4.78, 5) is 50.3. The minimum Gasteiger partial charge on any atom is -0.467 e. The van der Waals surface area contributed by atoms with E-state index >= 15 is 0 Å². The molecule has 31 heavy (non-hydrogen) atoms. The quantitative estimate of drug-likeness (QED) is 0.300. The Bertz CT molecular complexity index is 875. The highest BCUT2D eigenvalue weighted by Crippen LogP contribution is 2.28. The molecule has 0 aliphatic carbocycles. The molecule has 10 nitrogen and oxygen atoms in total. The van der Waals surface area contributed by atoms with Crippen molar-refractivity contribution in [2.24, 2.45) is 5.92 Å². The fourth-order valence-electron chi connectivity index (χ4n) is 3.37. The predicted octanol–water partition coefficient (Wildman–Crippen LogP) is 1.59. The Morgan fingerprint density at radius 3 is 2.48 bits per heavy atom. The van der Waals surface area contributed by atoms with Gasteiger partial charge in [0, 0.05) is 45.2 Å². The summed E-state index contributed by atoms with van der Waals surface area (Å²) < 4.78 is 4.60. The average Bonchev–Trinajstić information content (AvgIpc) is 2.76. The third-order valence-electron chi connectivity index (χ3n) is 5.19. The highest BCUT2D eigenvalue weighted by molar-refractivity contribution is 5.92. The van der Waals surface area contributed by atoms with Gasteiger partial charge in [-0.1, -0.05) is 6.07 Å². The zero-order valence-corrected chi connectivity index (χ0v) is 18.2. The predicted molar refractivity (Wildman–Crippen MR) is 115 cm³/mol. The first-order valence-corrected chi connectivity index (χ1v) is 9.95. The molecule has 2 amide bonds. The number of hydrogen-bond donors (Lipinski definition) is 1. The third-order valence-corrected chi connectivity index (χ3v) is 5.19. The van der Waals surface area contributed by atoms with Crippen LogP contribution in [0, 0.1) is 16.0 Å². The fraction of sp³-hybridized carbons (Fsp3) is 0.476. The Morgan fingerprint density at radius 2 is 1.94 bits per heavy atom. The monoisotopic (exact) mass is 432 g/mol. The Hall–Kier alpha value is -3.43. The molecule has 0 bridgehead atoms. The Labute approximate surface area is 181 Å². The fourth-order valence-corrected chi connectivity index (χ4v) is 3.37. The van der Waals surface area contributed by atoms with Gasteiger partial charge in [0.2, 0.25) is 11.8 Å². The molecule has 1 heterocycles. The van der Waals surface area contributed by atoms with Crippen molar-refractivity contribution in [2.75, 3.05) is 39.2 Å². The molecule has 1 saturated heterocycles. The Balaban J connectivity index is 1.94. The molecular weight excluding hydrogens is 404 g/mol. The SMILES string of the molecule is COC(=O)[C@H](C)NC(=O)C1CCN(C(=O)/C=C/c2ccc(N(C)C)c([N+](=O)[O-])c2)CC1. The number of nitrogens with zero attached hydrogens (tertiary/aromatic N) is 3. The second-order valence-electron chi connectivity index (χ2n) is 7.59. The van der Waals surface area contributed by atoms with E-state index in [2.05, 4.69) is 10.1 Å². The Kier molecular flexibility index (Phi) is 8.12. The molecule has 0 spiro atoms. The molecule has 0 aromatic heterocycles. The second kappa shape index (κ2) is 10.6. The molecule has 1 aliphatic heterocycles. The van der Waals surface area contributed by atoms with Crippen LogP contribution in [-0.4, -0.2) is 67.9 Å². The van der Waals surface area contributed by atoms with Gasteiger partial charge in [-0.15, -0.1) is 0 Å². The number of carbonyl (C=O) groups excluding carboxylic acids is 3. The number of ether oxygens (including phenoxy) is 1. The minimum atomic E-state index is -0.719. The largest absolute Gasteiger partial charge is 0.467 e. The van der Waals surface area contributed by atoms with Gasteiger partial charge in [0.15, 0.2) is 0 Å². The van der Waals surface area contributed by atoms with Crippen LogP contribution < -0.4 is 10.2 Å². The van der Waals surface area contributed by atoms with Crippen molar-refractivity contribution < 1.29 is 24.0 Å². The van der Waals surface area contributed by atoms with E-state index in [0.29, 0.717) is 37.2 Å². The molecule has 0 unspecified atom stereocenters. The summed E-state index contributed by atoms with van der Waals surface area (Å²) in [6.07, 6.45) is 3.91. The zero-order valence-electron chi connectivity index (χ0n) is 18.2. The zero-order chi connectivity index (χ0) is 23.1. The van der Waals surface area contributed by atoms with Crippen LogP contribution in [0.25, 0.3) is 6.08 Å². The van der Waals surface area contributed by atoms with Crippen LogP contribution in [0.2, 0.25) is 0 Å². The smallest absolute Gasteiger partial charge is 0.328 e. The van der Waals surface area contributed by atoms with Gasteiger partial charge < -0.3 is 19.9 Å². The van der Waals surface area contributed by atoms with Crippen molar-refractivity contribution in [1.82, 2.24) is 10.2 Å². The molecule has 1 aromatic rings. The first-order chi connectivity index (χ1) is 14.6. The maximum absolute atomic E-state index is 12.5. The van der Waals surface area contributed by atoms with Crippen LogP contribution in [0.1, 0.15) is 25.3 Å². The molecule has 0 saturated carbocycles. The topological polar surface area (TPSA) is 122 Å². The Morgan fingerprint density at radius 1 is 1.29 bits per heavy atom. The first kappa shape index (κ1) is 23.8. The number of methoxy groups -OCH3 is 1. The number of hydrogen-bond acceptors (Lipinski definition) is 7. The lowest BCUT2D eigenvalue weighted by atomic mass is 9.95. The molecule has 10 heteroatoms. The second-order valence-corrected chi connectivity index (χ2v) is 7.59. The maximum atomic E-state index is 12.5. The summed E-state index contributed by atoms with van der Waals surface area (Å²) in [5, 5.41) is 13.9. The van der Waals surface area contributed by atoms with Gasteiger partial charge in [0.05, 0.1) is 12.0 Å². The van der Waals surface area contributed by atoms with Gasteiger partial charge in [-0.3, -0.25) is 19.7 Å². The molecule has 0 radical (unpaired) electrons. The van der Waals surface area contributed by atoms with Crippen LogP contribution in [0.5, 0.6) is 0 Å². The average molecular weight is 432 g/mol. The van der Waals surface area contributed by atoms with Gasteiger partial charge in [-0.2, -0.15) is 0 Å². The van der Waals surface area contributed by atoms with Crippen molar-refractivity contribution in [3.63, 3.8) is 0 Å². The molecule has 2 rings (SSSR count). The number of anilines is 1. The standard InChI is InChI=1S/C21H28N4O6/c1-14(21(28)31-4)22-20(27)16-9-11-24(12-10-16)19(26)8-6-15-5-7-17(23(2)3)18(13-15)25(29)30/h5-8,13-14,16H,9-12H2,1-4H3,(H,22,27)/b8-6+/t14-/m0/s1. The number of nitro benzene ring substituents is 1. The summed E-state index contributed by atoms with van der Waals surface area (Å²) in [5.74, 6) is -1.23. The van der Waals surface area contributed by atoms with E-state index in [1.54, 1.807) is 49.0 Å². The van der Waals surface area contributed by atoms with Gasteiger partial charge in [-0.05, 0) is 37.5 Å². The maximum Gasteiger partial charge on any atom is 0.328 e. The van der Waals surface area contributed by atoms with E-state index in [-0.39, 0.29) is 23.4 Å². The number of piperidine rings is 1. The molecule has 168 valence electrons. The van der Waals surface area contributed by atoms with Crippen LogP contribution in [-0.2, 0) is 19.1 Å².